The predicted octanol–water partition coefficient (Wildman–Crippen LogP) is 3.77. The fourth-order valence-electron chi connectivity index (χ4n) is 5.92. The van der Waals surface area contributed by atoms with Gasteiger partial charge in [-0.3, -0.25) is 9.59 Å². The maximum absolute atomic E-state index is 13.2. The Hall–Kier alpha value is -3.28. The SMILES string of the molecule is CCC(C)CN1C[C@H]2C(=O)NC3(CCN(C(=O)c4cc5cccc(OC)c5o4)CC3)[C@H]2C1.O=C(O)C(F)(F)F. The number of hydrogen-bond donors (Lipinski definition) is 2. The molecular weight excluding hydrogens is 519 g/mol. The van der Waals surface area contributed by atoms with Crippen molar-refractivity contribution in [2.75, 3.05) is 39.8 Å². The molecule has 214 valence electrons. The van der Waals surface area contributed by atoms with Crippen molar-refractivity contribution in [3.63, 3.8) is 0 Å². The van der Waals surface area contributed by atoms with E-state index < -0.39 is 12.1 Å². The lowest BCUT2D eigenvalue weighted by atomic mass is 9.75. The smallest absolute Gasteiger partial charge is 0.490 e. The van der Waals surface area contributed by atoms with E-state index in [9.17, 15) is 22.8 Å². The highest BCUT2D eigenvalue weighted by Gasteiger charge is 2.57. The Morgan fingerprint density at radius 3 is 2.51 bits per heavy atom. The minimum atomic E-state index is -5.08. The number of nitrogens with zero attached hydrogens (tertiary/aromatic N) is 2. The van der Waals surface area contributed by atoms with Gasteiger partial charge in [0.05, 0.1) is 13.0 Å². The molecule has 2 aromatic rings. The molecule has 3 saturated heterocycles. The summed E-state index contributed by atoms with van der Waals surface area (Å²) in [6, 6.07) is 7.43. The van der Waals surface area contributed by atoms with Crippen LogP contribution in [0.25, 0.3) is 11.0 Å². The van der Waals surface area contributed by atoms with Crippen molar-refractivity contribution in [1.29, 1.82) is 0 Å². The van der Waals surface area contributed by atoms with Crippen LogP contribution in [0.3, 0.4) is 0 Å². The zero-order valence-corrected chi connectivity index (χ0v) is 22.2. The van der Waals surface area contributed by atoms with Crippen LogP contribution in [-0.4, -0.2) is 84.2 Å². The molecule has 1 aromatic heterocycles. The number of halogens is 3. The van der Waals surface area contributed by atoms with E-state index in [1.54, 1.807) is 13.2 Å². The van der Waals surface area contributed by atoms with Crippen molar-refractivity contribution in [3.05, 3.63) is 30.0 Å². The van der Waals surface area contributed by atoms with Crippen LogP contribution in [0.1, 0.15) is 43.7 Å². The number of carbonyl (C=O) groups excluding carboxylic acids is 2. The molecule has 9 nitrogen and oxygen atoms in total. The van der Waals surface area contributed by atoms with Crippen LogP contribution in [-0.2, 0) is 9.59 Å². The lowest BCUT2D eigenvalue weighted by Crippen LogP contribution is -2.56. The summed E-state index contributed by atoms with van der Waals surface area (Å²) in [5, 5.41) is 11.3. The third-order valence-electron chi connectivity index (χ3n) is 8.21. The predicted molar refractivity (Wildman–Crippen MR) is 135 cm³/mol. The highest BCUT2D eigenvalue weighted by atomic mass is 19.4. The Morgan fingerprint density at radius 2 is 1.92 bits per heavy atom. The summed E-state index contributed by atoms with van der Waals surface area (Å²) in [5.74, 6) is -0.607. The van der Waals surface area contributed by atoms with Gasteiger partial charge in [-0.25, -0.2) is 4.79 Å². The zero-order valence-electron chi connectivity index (χ0n) is 22.2. The number of furan rings is 1. The molecule has 5 rings (SSSR count). The molecule has 0 saturated carbocycles. The number of benzene rings is 1. The van der Waals surface area contributed by atoms with Crippen LogP contribution in [0.15, 0.2) is 28.7 Å². The molecule has 1 unspecified atom stereocenters. The van der Waals surface area contributed by atoms with E-state index in [1.165, 1.54) is 0 Å². The number of piperidine rings is 1. The average Bonchev–Trinajstić information content (AvgIpc) is 3.58. The minimum absolute atomic E-state index is 0.0872. The van der Waals surface area contributed by atoms with Crippen molar-refractivity contribution in [1.82, 2.24) is 15.1 Å². The topological polar surface area (TPSA) is 112 Å². The number of para-hydroxylation sites is 1. The lowest BCUT2D eigenvalue weighted by Gasteiger charge is -2.42. The first-order valence-electron chi connectivity index (χ1n) is 13.1. The maximum atomic E-state index is 13.2. The van der Waals surface area contributed by atoms with Gasteiger partial charge in [-0.1, -0.05) is 32.4 Å². The molecule has 2 amide bonds. The Morgan fingerprint density at radius 1 is 1.26 bits per heavy atom. The molecule has 3 aliphatic rings. The number of rotatable bonds is 5. The van der Waals surface area contributed by atoms with Gasteiger partial charge in [0.2, 0.25) is 5.91 Å². The molecule has 0 bridgehead atoms. The first-order valence-corrected chi connectivity index (χ1v) is 13.1. The Bertz CT molecular complexity index is 1220. The average molecular weight is 554 g/mol. The number of likely N-dealkylation sites (tertiary alicyclic amines) is 2. The van der Waals surface area contributed by atoms with Gasteiger partial charge in [0, 0.05) is 49.6 Å². The molecule has 2 N–H and O–H groups in total. The van der Waals surface area contributed by atoms with E-state index in [4.69, 9.17) is 19.1 Å². The Kier molecular flexibility index (Phi) is 8.15. The number of nitrogens with one attached hydrogen (secondary N) is 1. The van der Waals surface area contributed by atoms with E-state index in [-0.39, 0.29) is 23.3 Å². The Labute approximate surface area is 224 Å². The first kappa shape index (κ1) is 28.7. The molecule has 3 fully saturated rings. The van der Waals surface area contributed by atoms with Crippen molar-refractivity contribution >= 4 is 28.8 Å². The summed E-state index contributed by atoms with van der Waals surface area (Å²) in [7, 11) is 1.60. The second kappa shape index (κ2) is 11.1. The number of fused-ring (bicyclic) bond motifs is 3. The van der Waals surface area contributed by atoms with Gasteiger partial charge in [-0.15, -0.1) is 0 Å². The van der Waals surface area contributed by atoms with Gasteiger partial charge in [0.15, 0.2) is 17.1 Å². The number of amides is 2. The summed E-state index contributed by atoms with van der Waals surface area (Å²) < 4.78 is 43.0. The third-order valence-corrected chi connectivity index (χ3v) is 8.21. The van der Waals surface area contributed by atoms with E-state index in [0.29, 0.717) is 42.0 Å². The van der Waals surface area contributed by atoms with Crippen LogP contribution in [0.5, 0.6) is 5.75 Å². The normalized spacial score (nSPS) is 23.2. The number of methoxy groups -OCH3 is 1. The second-order valence-corrected chi connectivity index (χ2v) is 10.7. The van der Waals surface area contributed by atoms with Gasteiger partial charge in [0.1, 0.15) is 0 Å². The molecule has 3 aliphatic heterocycles. The molecule has 1 aromatic carbocycles. The number of alkyl halides is 3. The summed E-state index contributed by atoms with van der Waals surface area (Å²) in [4.78, 5) is 39.2. The van der Waals surface area contributed by atoms with Crippen molar-refractivity contribution in [3.8, 4) is 5.75 Å². The fourth-order valence-corrected chi connectivity index (χ4v) is 5.92. The van der Waals surface area contributed by atoms with E-state index in [0.717, 1.165) is 44.3 Å². The van der Waals surface area contributed by atoms with Crippen molar-refractivity contribution in [2.45, 2.75) is 44.8 Å². The van der Waals surface area contributed by atoms with Crippen LogP contribution < -0.4 is 10.1 Å². The van der Waals surface area contributed by atoms with E-state index in [1.807, 2.05) is 23.1 Å². The van der Waals surface area contributed by atoms with E-state index in [2.05, 4.69) is 24.1 Å². The largest absolute Gasteiger partial charge is 0.493 e. The highest BCUT2D eigenvalue weighted by Crippen LogP contribution is 2.44. The van der Waals surface area contributed by atoms with Crippen LogP contribution in [0.4, 0.5) is 13.2 Å². The highest BCUT2D eigenvalue weighted by molar-refractivity contribution is 5.97. The van der Waals surface area contributed by atoms with Crippen molar-refractivity contribution in [2.24, 2.45) is 17.8 Å². The number of carboxylic acid groups (broad SMARTS) is 1. The molecular formula is C27H34F3N3O6. The summed E-state index contributed by atoms with van der Waals surface area (Å²) in [5.41, 5.74) is 0.421. The minimum Gasteiger partial charge on any atom is -0.493 e. The number of aliphatic carboxylic acids is 1. The van der Waals surface area contributed by atoms with Gasteiger partial charge >= 0.3 is 12.1 Å². The summed E-state index contributed by atoms with van der Waals surface area (Å²) >= 11 is 0. The maximum Gasteiger partial charge on any atom is 0.490 e. The quantitative estimate of drug-likeness (QED) is 0.580. The monoisotopic (exact) mass is 553 g/mol. The van der Waals surface area contributed by atoms with Crippen LogP contribution in [0, 0.1) is 17.8 Å². The molecule has 3 atom stereocenters. The Balaban J connectivity index is 0.000000448. The van der Waals surface area contributed by atoms with Crippen LogP contribution in [0.2, 0.25) is 0 Å². The van der Waals surface area contributed by atoms with Gasteiger partial charge in [0.25, 0.3) is 5.91 Å². The third kappa shape index (κ3) is 5.85. The fraction of sp³-hybridized carbons (Fsp3) is 0.593. The van der Waals surface area contributed by atoms with E-state index >= 15 is 0 Å². The molecule has 39 heavy (non-hydrogen) atoms. The second-order valence-electron chi connectivity index (χ2n) is 10.7. The van der Waals surface area contributed by atoms with Gasteiger partial charge < -0.3 is 29.4 Å². The standard InChI is InChI=1S/C25H33N3O4.C2HF3O2/c1-4-16(2)13-27-14-18-19(15-27)25(26-23(18)29)8-10-28(11-9-25)24(30)21-12-17-6-5-7-20(31-3)22(17)32-21;3-2(4,5)1(6)7/h5-7,12,16,18-19H,4,8-11,13-15H2,1-3H3,(H,26,29);(H,6,7)/t16?,18-,19+;/m1./s1. The number of carboxylic acids is 1. The number of hydrogen-bond acceptors (Lipinski definition) is 6. The number of carbonyl (C=O) groups is 3. The summed E-state index contributed by atoms with van der Waals surface area (Å²) in [6.45, 7) is 8.66. The summed E-state index contributed by atoms with van der Waals surface area (Å²) in [6.07, 6.45) is -2.33. The molecule has 4 heterocycles. The molecule has 0 aliphatic carbocycles. The van der Waals surface area contributed by atoms with Crippen molar-refractivity contribution < 1.29 is 41.8 Å². The zero-order chi connectivity index (χ0) is 28.5. The van der Waals surface area contributed by atoms with Crippen LogP contribution >= 0.6 is 0 Å². The van der Waals surface area contributed by atoms with Gasteiger partial charge in [-0.2, -0.15) is 13.2 Å². The van der Waals surface area contributed by atoms with Gasteiger partial charge in [-0.05, 0) is 30.9 Å². The first-order chi connectivity index (χ1) is 18.4. The molecule has 1 spiro atoms. The lowest BCUT2D eigenvalue weighted by molar-refractivity contribution is -0.192. The molecule has 0 radical (unpaired) electrons. The molecule has 12 heteroatoms. The number of ether oxygens (including phenoxy) is 1.